The summed E-state index contributed by atoms with van der Waals surface area (Å²) in [6.45, 7) is 22.3. The molecule has 3 aromatic rings. The van der Waals surface area contributed by atoms with E-state index in [2.05, 4.69) is 138 Å². The van der Waals surface area contributed by atoms with Crippen molar-refractivity contribution in [2.24, 2.45) is 0 Å². The van der Waals surface area contributed by atoms with Gasteiger partial charge >= 0.3 is 5.97 Å². The number of ketones is 1. The number of anilines is 1. The fourth-order valence-electron chi connectivity index (χ4n) is 8.69. The molecule has 0 saturated carbocycles. The zero-order valence-corrected chi connectivity index (χ0v) is 37.6. The van der Waals surface area contributed by atoms with Gasteiger partial charge in [0.25, 0.3) is 0 Å². The van der Waals surface area contributed by atoms with E-state index in [1.165, 1.54) is 22.5 Å². The second kappa shape index (κ2) is 18.4. The fraction of sp³-hybridized carbons (Fsp3) is 0.442. The van der Waals surface area contributed by atoms with Crippen LogP contribution in [0, 0.1) is 0 Å². The van der Waals surface area contributed by atoms with Gasteiger partial charge in [-0.1, -0.05) is 115 Å². The van der Waals surface area contributed by atoms with Gasteiger partial charge in [-0.05, 0) is 97.6 Å². The number of nitrogens with zero attached hydrogens (tertiary/aromatic N) is 2. The second-order valence-corrected chi connectivity index (χ2v) is 18.5. The molecule has 0 fully saturated rings. The highest BCUT2D eigenvalue weighted by Gasteiger charge is 2.44. The number of allylic oxidation sites excluding steroid dienone is 8. The van der Waals surface area contributed by atoms with Crippen LogP contribution < -0.4 is 4.90 Å². The first-order valence-electron chi connectivity index (χ1n) is 21.6. The van der Waals surface area contributed by atoms with E-state index in [-0.39, 0.29) is 28.6 Å². The Morgan fingerprint density at radius 3 is 2.29 bits per heavy atom. The molecule has 6 nitrogen and oxygen atoms in total. The van der Waals surface area contributed by atoms with Crippen molar-refractivity contribution in [1.29, 1.82) is 0 Å². The number of benzene rings is 3. The highest BCUT2D eigenvalue weighted by molar-refractivity contribution is 6.32. The summed E-state index contributed by atoms with van der Waals surface area (Å²) in [6.07, 6.45) is 14.4. The van der Waals surface area contributed by atoms with Gasteiger partial charge in [-0.3, -0.25) is 4.79 Å². The Hall–Kier alpha value is -4.52. The molecule has 2 aliphatic heterocycles. The average molecular weight is 817 g/mol. The maximum Gasteiger partial charge on any atom is 0.338 e. The largest absolute Gasteiger partial charge is 0.460 e. The van der Waals surface area contributed by atoms with Crippen molar-refractivity contribution in [2.75, 3.05) is 37.8 Å². The van der Waals surface area contributed by atoms with E-state index < -0.39 is 5.97 Å². The third kappa shape index (κ3) is 9.45. The molecule has 312 valence electrons. The van der Waals surface area contributed by atoms with Gasteiger partial charge in [-0.2, -0.15) is 4.58 Å². The van der Waals surface area contributed by atoms with E-state index >= 15 is 0 Å². The molecule has 0 bridgehead atoms. The summed E-state index contributed by atoms with van der Waals surface area (Å²) in [5.41, 5.74) is 10.8. The molecule has 59 heavy (non-hydrogen) atoms. The average Bonchev–Trinajstić information content (AvgIpc) is 3.57. The van der Waals surface area contributed by atoms with Crippen LogP contribution in [0.2, 0.25) is 0 Å². The second-order valence-electron chi connectivity index (χ2n) is 18.2. The summed E-state index contributed by atoms with van der Waals surface area (Å²) in [6, 6.07) is 22.6. The SMILES string of the molecule is CCCCOCC[N+]1=C(C=CC2=C(Cl)C(=CC=C3N(CCOC(=O)c4cc(C(=O)CC)cc(C(C)(C)C)c4)c4ccccc4C3(C)C)CCC2)C(C)(C)c2ccccc21. The van der Waals surface area contributed by atoms with Crippen molar-refractivity contribution in [1.82, 2.24) is 0 Å². The minimum Gasteiger partial charge on any atom is -0.460 e. The summed E-state index contributed by atoms with van der Waals surface area (Å²) < 4.78 is 14.4. The minimum absolute atomic E-state index is 0.00863. The van der Waals surface area contributed by atoms with Gasteiger partial charge in [-0.15, -0.1) is 0 Å². The number of esters is 1. The maximum atomic E-state index is 13.5. The van der Waals surface area contributed by atoms with Crippen molar-refractivity contribution >= 4 is 40.4 Å². The van der Waals surface area contributed by atoms with Crippen LogP contribution in [0.1, 0.15) is 138 Å². The first-order chi connectivity index (χ1) is 28.1. The number of para-hydroxylation sites is 2. The number of ether oxygens (including phenoxy) is 2. The topological polar surface area (TPSA) is 58.9 Å². The number of fused-ring (bicyclic) bond motifs is 2. The van der Waals surface area contributed by atoms with Gasteiger partial charge in [0.05, 0.1) is 17.5 Å². The van der Waals surface area contributed by atoms with Gasteiger partial charge in [0.1, 0.15) is 13.2 Å². The monoisotopic (exact) mass is 815 g/mol. The van der Waals surface area contributed by atoms with Crippen molar-refractivity contribution < 1.29 is 23.6 Å². The van der Waals surface area contributed by atoms with Crippen LogP contribution in [0.25, 0.3) is 0 Å². The molecule has 0 amide bonds. The number of unbranched alkanes of at least 4 members (excludes halogenated alkanes) is 1. The van der Waals surface area contributed by atoms with E-state index in [0.29, 0.717) is 30.7 Å². The number of hydrogen-bond acceptors (Lipinski definition) is 5. The molecular formula is C52H64ClN2O4+. The number of Topliss-reactive ketones (excluding diaryl/α,β-unsaturated/α-hetero) is 1. The van der Waals surface area contributed by atoms with E-state index in [9.17, 15) is 9.59 Å². The zero-order chi connectivity index (χ0) is 42.5. The molecule has 0 N–H and O–H groups in total. The first kappa shape index (κ1) is 44.0. The molecule has 2 heterocycles. The highest BCUT2D eigenvalue weighted by Crippen LogP contribution is 2.48. The Morgan fingerprint density at radius 1 is 0.847 bits per heavy atom. The Labute approximate surface area is 358 Å². The predicted octanol–water partition coefficient (Wildman–Crippen LogP) is 12.5. The molecule has 3 aromatic carbocycles. The summed E-state index contributed by atoms with van der Waals surface area (Å²) in [5.74, 6) is -0.416. The van der Waals surface area contributed by atoms with Crippen LogP contribution in [0.3, 0.4) is 0 Å². The van der Waals surface area contributed by atoms with Gasteiger partial charge in [-0.25, -0.2) is 4.79 Å². The molecule has 7 heteroatoms. The molecule has 3 aliphatic rings. The van der Waals surface area contributed by atoms with Crippen molar-refractivity contribution in [3.8, 4) is 0 Å². The number of halogens is 1. The maximum absolute atomic E-state index is 13.5. The molecule has 0 spiro atoms. The normalized spacial score (nSPS) is 18.6. The van der Waals surface area contributed by atoms with Crippen molar-refractivity contribution in [3.63, 3.8) is 0 Å². The highest BCUT2D eigenvalue weighted by atomic mass is 35.5. The summed E-state index contributed by atoms with van der Waals surface area (Å²) in [4.78, 5) is 28.5. The summed E-state index contributed by atoms with van der Waals surface area (Å²) in [5, 5.41) is 0.819. The van der Waals surface area contributed by atoms with Crippen LogP contribution in [-0.2, 0) is 25.7 Å². The van der Waals surface area contributed by atoms with Gasteiger partial charge < -0.3 is 14.4 Å². The fourth-order valence-corrected chi connectivity index (χ4v) is 9.01. The minimum atomic E-state index is -0.424. The quantitative estimate of drug-likeness (QED) is 0.0662. The first-order valence-corrected chi connectivity index (χ1v) is 22.0. The van der Waals surface area contributed by atoms with Gasteiger partial charge in [0, 0.05) is 58.1 Å². The van der Waals surface area contributed by atoms with Crippen molar-refractivity contribution in [3.05, 3.63) is 141 Å². The van der Waals surface area contributed by atoms with E-state index in [4.69, 9.17) is 21.1 Å². The molecule has 0 atom stereocenters. The van der Waals surface area contributed by atoms with Crippen LogP contribution >= 0.6 is 11.6 Å². The van der Waals surface area contributed by atoms with E-state index in [1.807, 2.05) is 19.1 Å². The standard InChI is InChI=1S/C52H64ClN2O4/c1-10-12-30-58-31-28-54-43-22-15-13-20-41(43)51(6,7)46(54)26-24-36-18-17-19-37(48(36)53)25-27-47-52(8,9)42-21-14-16-23-44(42)55(47)29-32-59-49(57)39-33-38(45(56)11-2)34-40(35-39)50(3,4)5/h13-16,20-27,33-35H,10-12,17-19,28-32H2,1-9H3/q+1. The Balaban J connectivity index is 1.25. The molecule has 0 unspecified atom stereocenters. The lowest BCUT2D eigenvalue weighted by atomic mass is 9.81. The number of rotatable bonds is 15. The van der Waals surface area contributed by atoms with E-state index in [0.717, 1.165) is 78.4 Å². The predicted molar refractivity (Wildman–Crippen MR) is 244 cm³/mol. The van der Waals surface area contributed by atoms with Crippen molar-refractivity contribution in [2.45, 2.75) is 117 Å². The molecule has 0 saturated heterocycles. The lowest BCUT2D eigenvalue weighted by molar-refractivity contribution is -0.442. The Bertz CT molecular complexity index is 2230. The number of hydrogen-bond donors (Lipinski definition) is 0. The lowest BCUT2D eigenvalue weighted by Crippen LogP contribution is -2.29. The zero-order valence-electron chi connectivity index (χ0n) is 36.8. The van der Waals surface area contributed by atoms with Gasteiger partial charge in [0.2, 0.25) is 5.69 Å². The molecule has 6 rings (SSSR count). The molecule has 0 aromatic heterocycles. The number of carbonyl (C=O) groups excluding carboxylic acids is 2. The Morgan fingerprint density at radius 2 is 1.56 bits per heavy atom. The van der Waals surface area contributed by atoms with Crippen LogP contribution in [-0.4, -0.2) is 54.9 Å². The van der Waals surface area contributed by atoms with Crippen LogP contribution in [0.5, 0.6) is 0 Å². The number of carbonyl (C=O) groups is 2. The van der Waals surface area contributed by atoms with Crippen LogP contribution in [0.4, 0.5) is 11.4 Å². The smallest absolute Gasteiger partial charge is 0.338 e. The Kier molecular flexibility index (Phi) is 13.7. The molecule has 0 radical (unpaired) electrons. The summed E-state index contributed by atoms with van der Waals surface area (Å²) in [7, 11) is 0. The van der Waals surface area contributed by atoms with Gasteiger partial charge in [0.15, 0.2) is 18.0 Å². The molecular weight excluding hydrogens is 752 g/mol. The van der Waals surface area contributed by atoms with E-state index in [1.54, 1.807) is 6.07 Å². The molecule has 1 aliphatic carbocycles. The third-order valence-electron chi connectivity index (χ3n) is 12.3. The lowest BCUT2D eigenvalue weighted by Gasteiger charge is -2.27. The van der Waals surface area contributed by atoms with Crippen LogP contribution in [0.15, 0.2) is 113 Å². The third-order valence-corrected chi connectivity index (χ3v) is 12.8. The summed E-state index contributed by atoms with van der Waals surface area (Å²) >= 11 is 7.30.